The zero-order chi connectivity index (χ0) is 39.1. The second kappa shape index (κ2) is 14.7. The minimum Gasteiger partial charge on any atom is -0.353 e. The van der Waals surface area contributed by atoms with Gasteiger partial charge in [-0.3, -0.25) is 23.9 Å². The van der Waals surface area contributed by atoms with Crippen LogP contribution in [0.25, 0.3) is 32.8 Å². The number of rotatable bonds is 8. The Morgan fingerprint density at radius 3 is 2.38 bits per heavy atom. The van der Waals surface area contributed by atoms with Crippen molar-refractivity contribution in [2.45, 2.75) is 26.8 Å². The molecule has 0 spiro atoms. The van der Waals surface area contributed by atoms with Gasteiger partial charge in [0.2, 0.25) is 0 Å². The van der Waals surface area contributed by atoms with Gasteiger partial charge in [0.25, 0.3) is 22.9 Å². The molecule has 3 N–H and O–H groups in total. The van der Waals surface area contributed by atoms with Crippen LogP contribution in [0.15, 0.2) is 94.8 Å². The first kappa shape index (κ1) is 36.0. The van der Waals surface area contributed by atoms with Crippen molar-refractivity contribution < 1.29 is 14.0 Å². The van der Waals surface area contributed by atoms with E-state index in [9.17, 15) is 19.2 Å². The lowest BCUT2D eigenvalue weighted by Gasteiger charge is -2.35. The zero-order valence-electron chi connectivity index (χ0n) is 31.0. The summed E-state index contributed by atoms with van der Waals surface area (Å²) >= 11 is 0. The molecule has 5 heterocycles. The van der Waals surface area contributed by atoms with E-state index in [0.29, 0.717) is 71.1 Å². The molecule has 0 radical (unpaired) electrons. The lowest BCUT2D eigenvalue weighted by atomic mass is 10.0. The Hall–Kier alpha value is -6.96. The lowest BCUT2D eigenvalue weighted by Crippen LogP contribution is -2.49. The van der Waals surface area contributed by atoms with E-state index in [1.54, 1.807) is 52.3 Å². The maximum absolute atomic E-state index is 15.1. The van der Waals surface area contributed by atoms with Crippen molar-refractivity contribution in [1.29, 1.82) is 0 Å². The van der Waals surface area contributed by atoms with Gasteiger partial charge in [0.05, 0.1) is 33.9 Å². The van der Waals surface area contributed by atoms with Crippen molar-refractivity contribution >= 4 is 39.3 Å². The van der Waals surface area contributed by atoms with Crippen molar-refractivity contribution in [2.75, 3.05) is 31.1 Å². The molecule has 0 saturated carbocycles. The third kappa shape index (κ3) is 6.92. The Labute approximate surface area is 319 Å². The fraction of sp³-hybridized carbons (Fsp3) is 0.214. The summed E-state index contributed by atoms with van der Waals surface area (Å²) in [5.41, 5.74) is 5.64. The SMILES string of the molecule is Cc1cc(C)c(CNC(=O)c2cc(-c3ccc(N4CCN(C(=O)c5cc(Cc6n[nH]c(=O)c7ccccc67)ccc5F)CC4)nc3)cc3c2cnn3C)c(=O)[nH]1. The zero-order valence-corrected chi connectivity index (χ0v) is 31.0. The van der Waals surface area contributed by atoms with E-state index in [4.69, 9.17) is 4.98 Å². The number of nitrogens with one attached hydrogen (secondary N) is 3. The van der Waals surface area contributed by atoms with Crippen LogP contribution in [-0.4, -0.2) is 72.8 Å². The number of H-pyrrole nitrogens is 2. The topological polar surface area (TPSA) is 162 Å². The summed E-state index contributed by atoms with van der Waals surface area (Å²) in [7, 11) is 1.81. The first-order chi connectivity index (χ1) is 27.0. The number of benzene rings is 3. The molecule has 282 valence electrons. The van der Waals surface area contributed by atoms with Crippen molar-refractivity contribution in [3.8, 4) is 11.1 Å². The molecule has 1 fully saturated rings. The van der Waals surface area contributed by atoms with Gasteiger partial charge in [-0.05, 0) is 79.1 Å². The molecule has 2 amide bonds. The molecule has 56 heavy (non-hydrogen) atoms. The quantitative estimate of drug-likeness (QED) is 0.200. The number of hydrogen-bond donors (Lipinski definition) is 3. The molecule has 8 rings (SSSR count). The number of piperazine rings is 1. The molecule has 0 aliphatic carbocycles. The number of nitrogens with zero attached hydrogens (tertiary/aromatic N) is 6. The highest BCUT2D eigenvalue weighted by Gasteiger charge is 2.26. The van der Waals surface area contributed by atoms with Crippen LogP contribution in [0.5, 0.6) is 0 Å². The molecule has 0 unspecified atom stereocenters. The van der Waals surface area contributed by atoms with Gasteiger partial charge in [0, 0.05) is 80.0 Å². The summed E-state index contributed by atoms with van der Waals surface area (Å²) in [5, 5.41) is 16.0. The van der Waals surface area contributed by atoms with Crippen LogP contribution < -0.4 is 21.3 Å². The van der Waals surface area contributed by atoms with Gasteiger partial charge >= 0.3 is 0 Å². The predicted molar refractivity (Wildman–Crippen MR) is 211 cm³/mol. The maximum atomic E-state index is 15.1. The summed E-state index contributed by atoms with van der Waals surface area (Å²) in [6, 6.07) is 21.1. The number of anilines is 1. The number of pyridine rings is 2. The minimum absolute atomic E-state index is 0.00970. The van der Waals surface area contributed by atoms with E-state index in [1.807, 2.05) is 57.3 Å². The first-order valence-corrected chi connectivity index (χ1v) is 18.2. The molecule has 1 aliphatic rings. The smallest absolute Gasteiger partial charge is 0.272 e. The third-order valence-electron chi connectivity index (χ3n) is 10.4. The van der Waals surface area contributed by atoms with Crippen LogP contribution in [0.3, 0.4) is 0 Å². The van der Waals surface area contributed by atoms with Gasteiger partial charge < -0.3 is 20.1 Å². The van der Waals surface area contributed by atoms with E-state index in [-0.39, 0.29) is 29.1 Å². The largest absolute Gasteiger partial charge is 0.353 e. The first-order valence-electron chi connectivity index (χ1n) is 18.2. The number of aryl methyl sites for hydroxylation is 3. The highest BCUT2D eigenvalue weighted by atomic mass is 19.1. The van der Waals surface area contributed by atoms with Gasteiger partial charge in [-0.15, -0.1) is 0 Å². The fourth-order valence-electron chi connectivity index (χ4n) is 7.37. The van der Waals surface area contributed by atoms with Crippen molar-refractivity contribution in [2.24, 2.45) is 7.05 Å². The number of amides is 2. The average Bonchev–Trinajstić information content (AvgIpc) is 3.58. The Morgan fingerprint density at radius 1 is 0.839 bits per heavy atom. The van der Waals surface area contributed by atoms with Crippen molar-refractivity contribution in [1.82, 2.24) is 40.2 Å². The van der Waals surface area contributed by atoms with E-state index >= 15 is 4.39 Å². The molecular weight excluding hydrogens is 714 g/mol. The highest BCUT2D eigenvalue weighted by molar-refractivity contribution is 6.08. The second-order valence-electron chi connectivity index (χ2n) is 14.1. The van der Waals surface area contributed by atoms with Crippen LogP contribution in [0, 0.1) is 19.7 Å². The maximum Gasteiger partial charge on any atom is 0.272 e. The van der Waals surface area contributed by atoms with Crippen LogP contribution in [0.2, 0.25) is 0 Å². The highest BCUT2D eigenvalue weighted by Crippen LogP contribution is 2.29. The van der Waals surface area contributed by atoms with Gasteiger partial charge in [-0.1, -0.05) is 24.3 Å². The summed E-state index contributed by atoms with van der Waals surface area (Å²) in [6.07, 6.45) is 3.72. The third-order valence-corrected chi connectivity index (χ3v) is 10.4. The molecule has 1 aliphatic heterocycles. The minimum atomic E-state index is -0.598. The van der Waals surface area contributed by atoms with E-state index in [1.165, 1.54) is 6.07 Å². The molecule has 0 atom stereocenters. The lowest BCUT2D eigenvalue weighted by molar-refractivity contribution is 0.0741. The molecule has 3 aromatic carbocycles. The Morgan fingerprint density at radius 2 is 1.62 bits per heavy atom. The molecule has 1 saturated heterocycles. The van der Waals surface area contributed by atoms with E-state index in [2.05, 4.69) is 30.5 Å². The normalized spacial score (nSPS) is 13.1. The summed E-state index contributed by atoms with van der Waals surface area (Å²) in [4.78, 5) is 63.2. The predicted octanol–water partition coefficient (Wildman–Crippen LogP) is 4.80. The average molecular weight is 752 g/mol. The number of aromatic nitrogens is 6. The Bertz CT molecular complexity index is 2780. The molecule has 0 bridgehead atoms. The summed E-state index contributed by atoms with van der Waals surface area (Å²) < 4.78 is 16.8. The van der Waals surface area contributed by atoms with Gasteiger partial charge in [-0.25, -0.2) is 14.5 Å². The molecule has 4 aromatic heterocycles. The van der Waals surface area contributed by atoms with Crippen LogP contribution in [-0.2, 0) is 20.0 Å². The van der Waals surface area contributed by atoms with E-state index < -0.39 is 11.7 Å². The Balaban J connectivity index is 0.947. The van der Waals surface area contributed by atoms with Crippen LogP contribution in [0.4, 0.5) is 10.2 Å². The van der Waals surface area contributed by atoms with Crippen molar-refractivity contribution in [3.63, 3.8) is 0 Å². The fourth-order valence-corrected chi connectivity index (χ4v) is 7.37. The van der Waals surface area contributed by atoms with Crippen LogP contribution in [0.1, 0.15) is 48.8 Å². The molecule has 13 nitrogen and oxygen atoms in total. The monoisotopic (exact) mass is 751 g/mol. The number of aromatic amines is 2. The van der Waals surface area contributed by atoms with Gasteiger partial charge in [-0.2, -0.15) is 10.2 Å². The second-order valence-corrected chi connectivity index (χ2v) is 14.1. The standard InChI is InChI=1S/C42H38FN9O4/c1-24-16-25(2)47-40(54)33(24)22-45-39(53)31-19-28(20-37-34(31)23-46-50(37)3)27-9-11-38(44-21-27)51-12-14-52(15-13-51)42(56)32-17-26(8-10-35(32)43)18-36-29-6-4-5-7-30(29)41(55)49-48-36/h4-11,16-17,19-21,23H,12-15,18,22H2,1-3H3,(H,45,53)(H,47,54)(H,49,55). The van der Waals surface area contributed by atoms with Gasteiger partial charge in [0.15, 0.2) is 0 Å². The number of carbonyl (C=O) groups excluding carboxylic acids is 2. The molecule has 7 aromatic rings. The molecular formula is C42H38FN9O4. The Kier molecular flexibility index (Phi) is 9.46. The number of fused-ring (bicyclic) bond motifs is 2. The van der Waals surface area contributed by atoms with Crippen LogP contribution >= 0.6 is 0 Å². The van der Waals surface area contributed by atoms with Crippen molar-refractivity contribution in [3.05, 3.63) is 151 Å². The number of hydrogen-bond acceptors (Lipinski definition) is 8. The van der Waals surface area contributed by atoms with Gasteiger partial charge in [0.1, 0.15) is 11.6 Å². The number of carbonyl (C=O) groups is 2. The number of halogens is 1. The van der Waals surface area contributed by atoms with E-state index in [0.717, 1.165) is 33.7 Å². The molecule has 14 heteroatoms. The summed E-state index contributed by atoms with van der Waals surface area (Å²) in [5.74, 6) is -0.586. The summed E-state index contributed by atoms with van der Waals surface area (Å²) in [6.45, 7) is 5.50.